The molecule has 1 N–H and O–H groups in total. The van der Waals surface area contributed by atoms with Gasteiger partial charge >= 0.3 is 12.1 Å². The first-order valence-corrected chi connectivity index (χ1v) is 6.79. The van der Waals surface area contributed by atoms with Gasteiger partial charge < -0.3 is 5.32 Å². The van der Waals surface area contributed by atoms with Crippen molar-refractivity contribution in [3.05, 3.63) is 70.8 Å². The molecule has 0 bridgehead atoms. The lowest BCUT2D eigenvalue weighted by Gasteiger charge is -2.21. The molecule has 2 nitrogen and oxygen atoms in total. The summed E-state index contributed by atoms with van der Waals surface area (Å²) in [6, 6.07) is 13.1. The predicted molar refractivity (Wildman–Crippen MR) is 78.4 cm³/mol. The second kappa shape index (κ2) is 6.22. The van der Waals surface area contributed by atoms with Crippen LogP contribution in [0.25, 0.3) is 0 Å². The Bertz CT molecular complexity index is 665. The third-order valence-corrected chi connectivity index (χ3v) is 3.53. The van der Waals surface area contributed by atoms with E-state index in [1.54, 1.807) is 42.5 Å². The Hall–Kier alpha value is -2.30. The highest BCUT2D eigenvalue weighted by Gasteiger charge is 2.40. The number of nitrogens with one attached hydrogen (secondary N) is 1. The Morgan fingerprint density at radius 3 is 2.14 bits per heavy atom. The van der Waals surface area contributed by atoms with E-state index in [0.29, 0.717) is 11.1 Å². The minimum absolute atomic E-state index is 0.600. The average Bonchev–Trinajstić information content (AvgIpc) is 2.47. The van der Waals surface area contributed by atoms with Crippen LogP contribution in [0.4, 0.5) is 13.2 Å². The van der Waals surface area contributed by atoms with Crippen LogP contribution in [-0.2, 0) is 4.79 Å². The highest BCUT2D eigenvalue weighted by Crippen LogP contribution is 2.26. The summed E-state index contributed by atoms with van der Waals surface area (Å²) in [5.41, 5.74) is 3.22. The Kier molecular flexibility index (Phi) is 4.54. The summed E-state index contributed by atoms with van der Waals surface area (Å²) in [6.07, 6.45) is -4.91. The van der Waals surface area contributed by atoms with Gasteiger partial charge in [0.1, 0.15) is 0 Å². The molecule has 0 saturated carbocycles. The first kappa shape index (κ1) is 16.1. The van der Waals surface area contributed by atoms with E-state index in [4.69, 9.17) is 0 Å². The van der Waals surface area contributed by atoms with Crippen molar-refractivity contribution in [3.63, 3.8) is 0 Å². The number of aryl methyl sites for hydroxylation is 2. The fourth-order valence-corrected chi connectivity index (χ4v) is 2.16. The van der Waals surface area contributed by atoms with Gasteiger partial charge in [-0.05, 0) is 36.1 Å². The molecule has 2 aromatic rings. The van der Waals surface area contributed by atoms with Crippen LogP contribution >= 0.6 is 0 Å². The molecule has 0 saturated heterocycles. The van der Waals surface area contributed by atoms with E-state index in [1.165, 1.54) is 0 Å². The van der Waals surface area contributed by atoms with Gasteiger partial charge in [0.15, 0.2) is 0 Å². The molecule has 2 rings (SSSR count). The molecule has 0 fully saturated rings. The quantitative estimate of drug-likeness (QED) is 0.910. The van der Waals surface area contributed by atoms with E-state index in [0.717, 1.165) is 11.1 Å². The number of rotatable bonds is 3. The van der Waals surface area contributed by atoms with Crippen LogP contribution in [0, 0.1) is 13.8 Å². The number of hydrogen-bond donors (Lipinski definition) is 1. The summed E-state index contributed by atoms with van der Waals surface area (Å²) < 4.78 is 37.7. The highest BCUT2D eigenvalue weighted by molar-refractivity contribution is 5.82. The van der Waals surface area contributed by atoms with Crippen LogP contribution in [0.1, 0.15) is 28.3 Å². The summed E-state index contributed by atoms with van der Waals surface area (Å²) in [6.45, 7) is 3.80. The van der Waals surface area contributed by atoms with Crippen molar-refractivity contribution in [2.45, 2.75) is 26.1 Å². The van der Waals surface area contributed by atoms with Crippen molar-refractivity contribution in [2.24, 2.45) is 0 Å². The smallest absolute Gasteiger partial charge is 0.337 e. The van der Waals surface area contributed by atoms with Crippen molar-refractivity contribution >= 4 is 5.91 Å². The van der Waals surface area contributed by atoms with Crippen molar-refractivity contribution < 1.29 is 18.0 Å². The molecule has 1 unspecified atom stereocenters. The molecule has 0 aliphatic rings. The van der Waals surface area contributed by atoms with Crippen LogP contribution in [0.2, 0.25) is 0 Å². The fourth-order valence-electron chi connectivity index (χ4n) is 2.16. The van der Waals surface area contributed by atoms with E-state index in [1.807, 2.05) is 19.9 Å². The minimum Gasteiger partial charge on any atom is -0.337 e. The van der Waals surface area contributed by atoms with Crippen molar-refractivity contribution in [2.75, 3.05) is 0 Å². The lowest BCUT2D eigenvalue weighted by Crippen LogP contribution is -2.39. The number of halogens is 3. The van der Waals surface area contributed by atoms with Crippen LogP contribution in [0.3, 0.4) is 0 Å². The third kappa shape index (κ3) is 3.67. The van der Waals surface area contributed by atoms with Crippen molar-refractivity contribution in [1.29, 1.82) is 0 Å². The molecule has 5 heteroatoms. The van der Waals surface area contributed by atoms with Crippen LogP contribution in [0.15, 0.2) is 48.5 Å². The van der Waals surface area contributed by atoms with Gasteiger partial charge in [-0.3, -0.25) is 4.79 Å². The summed E-state index contributed by atoms with van der Waals surface area (Å²) >= 11 is 0. The van der Waals surface area contributed by atoms with Gasteiger partial charge in [-0.2, -0.15) is 13.2 Å². The lowest BCUT2D eigenvalue weighted by atomic mass is 9.95. The van der Waals surface area contributed by atoms with E-state index in [-0.39, 0.29) is 0 Å². The Morgan fingerprint density at radius 2 is 1.59 bits per heavy atom. The topological polar surface area (TPSA) is 29.1 Å². The summed E-state index contributed by atoms with van der Waals surface area (Å²) in [4.78, 5) is 11.3. The predicted octanol–water partition coefficient (Wildman–Crippen LogP) is 4.07. The number of alkyl halides is 3. The van der Waals surface area contributed by atoms with E-state index in [2.05, 4.69) is 5.32 Å². The van der Waals surface area contributed by atoms with E-state index in [9.17, 15) is 18.0 Å². The largest absolute Gasteiger partial charge is 0.471 e. The maximum absolute atomic E-state index is 12.6. The van der Waals surface area contributed by atoms with Gasteiger partial charge in [-0.15, -0.1) is 0 Å². The molecule has 22 heavy (non-hydrogen) atoms. The summed E-state index contributed by atoms with van der Waals surface area (Å²) in [7, 11) is 0. The molecular formula is C17H16F3NO. The van der Waals surface area contributed by atoms with Crippen LogP contribution in [-0.4, -0.2) is 12.1 Å². The first-order chi connectivity index (χ1) is 10.3. The third-order valence-electron chi connectivity index (χ3n) is 3.53. The molecular weight excluding hydrogens is 291 g/mol. The molecule has 0 radical (unpaired) electrons. The second-order valence-corrected chi connectivity index (χ2v) is 5.16. The monoisotopic (exact) mass is 307 g/mol. The highest BCUT2D eigenvalue weighted by atomic mass is 19.4. The number of carbonyl (C=O) groups is 1. The number of hydrogen-bond acceptors (Lipinski definition) is 1. The zero-order valence-electron chi connectivity index (χ0n) is 12.2. The molecule has 116 valence electrons. The van der Waals surface area contributed by atoms with Gasteiger partial charge in [-0.1, -0.05) is 48.5 Å². The summed E-state index contributed by atoms with van der Waals surface area (Å²) in [5.74, 6) is -1.94. The molecule has 0 aliphatic heterocycles. The molecule has 2 aromatic carbocycles. The molecule has 0 aliphatic carbocycles. The maximum Gasteiger partial charge on any atom is 0.471 e. The second-order valence-electron chi connectivity index (χ2n) is 5.16. The zero-order valence-corrected chi connectivity index (χ0v) is 12.2. The molecule has 1 atom stereocenters. The Balaban J connectivity index is 2.42. The molecule has 0 heterocycles. The lowest BCUT2D eigenvalue weighted by molar-refractivity contribution is -0.174. The van der Waals surface area contributed by atoms with E-state index < -0.39 is 18.1 Å². The van der Waals surface area contributed by atoms with Gasteiger partial charge in [-0.25, -0.2) is 0 Å². The standard InChI is InChI=1S/C17H16F3NO/c1-11-8-9-14(10-12(11)2)15(13-6-4-3-5-7-13)21-16(22)17(18,19)20/h3-10,15H,1-2H3,(H,21,22). The van der Waals surface area contributed by atoms with Crippen LogP contribution in [0.5, 0.6) is 0 Å². The van der Waals surface area contributed by atoms with Gasteiger partial charge in [0.2, 0.25) is 0 Å². The zero-order chi connectivity index (χ0) is 16.3. The molecule has 0 spiro atoms. The number of benzene rings is 2. The van der Waals surface area contributed by atoms with Gasteiger partial charge in [0.05, 0.1) is 6.04 Å². The Labute approximate surface area is 127 Å². The minimum atomic E-state index is -4.91. The SMILES string of the molecule is Cc1ccc(C(NC(=O)C(F)(F)F)c2ccccc2)cc1C. The number of amides is 1. The maximum atomic E-state index is 12.6. The normalized spacial score (nSPS) is 12.8. The van der Waals surface area contributed by atoms with Gasteiger partial charge in [0, 0.05) is 0 Å². The van der Waals surface area contributed by atoms with Crippen molar-refractivity contribution in [3.8, 4) is 0 Å². The molecule has 1 amide bonds. The van der Waals surface area contributed by atoms with Crippen molar-refractivity contribution in [1.82, 2.24) is 5.32 Å². The first-order valence-electron chi connectivity index (χ1n) is 6.79. The van der Waals surface area contributed by atoms with E-state index >= 15 is 0 Å². The summed E-state index contributed by atoms with van der Waals surface area (Å²) in [5, 5.41) is 2.07. The van der Waals surface area contributed by atoms with Gasteiger partial charge in [0.25, 0.3) is 0 Å². The average molecular weight is 307 g/mol. The number of carbonyl (C=O) groups excluding carboxylic acids is 1. The molecule has 0 aromatic heterocycles. The Morgan fingerprint density at radius 1 is 0.955 bits per heavy atom. The fraction of sp³-hybridized carbons (Fsp3) is 0.235. The van der Waals surface area contributed by atoms with Crippen LogP contribution < -0.4 is 5.32 Å².